The predicted molar refractivity (Wildman–Crippen MR) is 186 cm³/mol. The minimum atomic E-state index is -0.683. The minimum Gasteiger partial charge on any atom is -0.497 e. The van der Waals surface area contributed by atoms with E-state index >= 15 is 0 Å². The molecule has 0 saturated carbocycles. The van der Waals surface area contributed by atoms with Crippen LogP contribution in [0.2, 0.25) is 0 Å². The zero-order valence-corrected chi connectivity index (χ0v) is 26.8. The van der Waals surface area contributed by atoms with E-state index < -0.39 is 6.04 Å². The average molecular weight is 624 g/mol. The molecule has 6 heteroatoms. The molecule has 1 heterocycles. The van der Waals surface area contributed by atoms with Crippen LogP contribution in [0.3, 0.4) is 0 Å². The van der Waals surface area contributed by atoms with Gasteiger partial charge in [0.25, 0.3) is 5.91 Å². The maximum atomic E-state index is 14.7. The van der Waals surface area contributed by atoms with E-state index in [0.717, 1.165) is 30.0 Å². The largest absolute Gasteiger partial charge is 0.497 e. The molecule has 1 fully saturated rings. The summed E-state index contributed by atoms with van der Waals surface area (Å²) in [7, 11) is 1.64. The zero-order valence-electron chi connectivity index (χ0n) is 26.8. The molecule has 6 nitrogen and oxygen atoms in total. The molecule has 0 N–H and O–H groups in total. The lowest BCUT2D eigenvalue weighted by atomic mass is 9.96. The van der Waals surface area contributed by atoms with Crippen LogP contribution in [0.25, 0.3) is 0 Å². The minimum absolute atomic E-state index is 0.0257. The second kappa shape index (κ2) is 15.4. The smallest absolute Gasteiger partial charge is 0.254 e. The van der Waals surface area contributed by atoms with E-state index in [1.54, 1.807) is 12.0 Å². The Kier molecular flexibility index (Phi) is 10.4. The lowest BCUT2D eigenvalue weighted by molar-refractivity contribution is -0.138. The highest BCUT2D eigenvalue weighted by molar-refractivity contribution is 5.97. The van der Waals surface area contributed by atoms with Gasteiger partial charge >= 0.3 is 0 Å². The molecule has 1 atom stereocenters. The van der Waals surface area contributed by atoms with Gasteiger partial charge in [-0.05, 0) is 46.5 Å². The number of benzene rings is 5. The van der Waals surface area contributed by atoms with E-state index in [2.05, 4.69) is 53.4 Å². The summed E-state index contributed by atoms with van der Waals surface area (Å²) in [6.07, 6.45) is 0.422. The third-order valence-corrected chi connectivity index (χ3v) is 8.95. The van der Waals surface area contributed by atoms with Gasteiger partial charge in [-0.1, -0.05) is 121 Å². The Morgan fingerprint density at radius 2 is 1.15 bits per heavy atom. The number of amides is 2. The van der Waals surface area contributed by atoms with Gasteiger partial charge in [0.1, 0.15) is 11.8 Å². The SMILES string of the molecule is COc1ccc(CN(C(=O)c2ccccc2)C(Cc2ccccc2)C(=O)N2CCN(C(c3ccccc3)c3ccccc3)CC2)cc1. The van der Waals surface area contributed by atoms with Crippen LogP contribution >= 0.6 is 0 Å². The van der Waals surface area contributed by atoms with Gasteiger partial charge in [0.15, 0.2) is 0 Å². The van der Waals surface area contributed by atoms with Crippen LogP contribution in [0.15, 0.2) is 146 Å². The van der Waals surface area contributed by atoms with Gasteiger partial charge in [0.2, 0.25) is 5.91 Å². The molecule has 1 unspecified atom stereocenters. The second-order valence-electron chi connectivity index (χ2n) is 11.9. The molecule has 1 aliphatic rings. The number of hydrogen-bond acceptors (Lipinski definition) is 4. The van der Waals surface area contributed by atoms with Crippen molar-refractivity contribution in [3.63, 3.8) is 0 Å². The average Bonchev–Trinajstić information content (AvgIpc) is 3.15. The van der Waals surface area contributed by atoms with Crippen LogP contribution in [0, 0.1) is 0 Å². The van der Waals surface area contributed by atoms with Crippen LogP contribution in [0.5, 0.6) is 5.75 Å². The molecule has 6 rings (SSSR count). The molecule has 0 radical (unpaired) electrons. The van der Waals surface area contributed by atoms with Crippen molar-refractivity contribution in [1.29, 1.82) is 0 Å². The summed E-state index contributed by atoms with van der Waals surface area (Å²) in [6.45, 7) is 2.91. The van der Waals surface area contributed by atoms with Gasteiger partial charge in [-0.2, -0.15) is 0 Å². The van der Waals surface area contributed by atoms with Gasteiger partial charge in [0, 0.05) is 44.7 Å². The number of ether oxygens (including phenoxy) is 1. The Morgan fingerprint density at radius 1 is 0.638 bits per heavy atom. The first-order chi connectivity index (χ1) is 23.1. The fourth-order valence-corrected chi connectivity index (χ4v) is 6.46. The van der Waals surface area contributed by atoms with Crippen LogP contribution in [0.1, 0.15) is 38.7 Å². The molecule has 238 valence electrons. The van der Waals surface area contributed by atoms with Crippen molar-refractivity contribution in [3.8, 4) is 5.75 Å². The van der Waals surface area contributed by atoms with Gasteiger partial charge in [-0.15, -0.1) is 0 Å². The third-order valence-electron chi connectivity index (χ3n) is 8.95. The topological polar surface area (TPSA) is 53.1 Å². The number of nitrogens with zero attached hydrogens (tertiary/aromatic N) is 3. The number of carbonyl (C=O) groups excluding carboxylic acids is 2. The molecule has 0 aromatic heterocycles. The molecule has 1 saturated heterocycles. The predicted octanol–water partition coefficient (Wildman–Crippen LogP) is 6.88. The molecule has 1 aliphatic heterocycles. The Balaban J connectivity index is 1.29. The number of rotatable bonds is 11. The fourth-order valence-electron chi connectivity index (χ4n) is 6.46. The summed E-state index contributed by atoms with van der Waals surface area (Å²) in [6, 6.07) is 47.5. The highest BCUT2D eigenvalue weighted by Crippen LogP contribution is 2.30. The summed E-state index contributed by atoms with van der Waals surface area (Å²) < 4.78 is 5.37. The van der Waals surface area contributed by atoms with Crippen LogP contribution in [-0.2, 0) is 17.8 Å². The Bertz CT molecular complexity index is 1670. The molecule has 5 aromatic rings. The van der Waals surface area contributed by atoms with Crippen molar-refractivity contribution in [3.05, 3.63) is 173 Å². The van der Waals surface area contributed by atoms with Crippen LogP contribution < -0.4 is 4.74 Å². The summed E-state index contributed by atoms with van der Waals surface area (Å²) in [5.41, 5.74) is 4.97. The standard InChI is InChI=1S/C41H41N3O3/c1-47-37-24-22-33(23-25-37)31-44(40(45)36-20-12-5-13-21-36)38(30-32-14-6-2-7-15-32)41(46)43-28-26-42(27-29-43)39(34-16-8-3-9-17-34)35-18-10-4-11-19-35/h2-25,38-39H,26-31H2,1H3. The Labute approximate surface area is 277 Å². The summed E-state index contributed by atoms with van der Waals surface area (Å²) in [5.74, 6) is 0.554. The van der Waals surface area contributed by atoms with E-state index in [9.17, 15) is 9.59 Å². The van der Waals surface area contributed by atoms with Crippen LogP contribution in [0.4, 0.5) is 0 Å². The van der Waals surface area contributed by atoms with E-state index in [1.165, 1.54) is 11.1 Å². The lowest BCUT2D eigenvalue weighted by Gasteiger charge is -2.42. The third kappa shape index (κ3) is 7.79. The first-order valence-electron chi connectivity index (χ1n) is 16.3. The lowest BCUT2D eigenvalue weighted by Crippen LogP contribution is -2.56. The zero-order chi connectivity index (χ0) is 32.4. The number of piperazine rings is 1. The number of hydrogen-bond donors (Lipinski definition) is 0. The van der Waals surface area contributed by atoms with Crippen molar-refractivity contribution in [1.82, 2.24) is 14.7 Å². The van der Waals surface area contributed by atoms with Crippen molar-refractivity contribution >= 4 is 11.8 Å². The highest BCUT2D eigenvalue weighted by Gasteiger charge is 2.36. The van der Waals surface area contributed by atoms with Gasteiger partial charge in [-0.25, -0.2) is 0 Å². The molecule has 5 aromatic carbocycles. The van der Waals surface area contributed by atoms with Crippen molar-refractivity contribution in [2.75, 3.05) is 33.3 Å². The van der Waals surface area contributed by atoms with Gasteiger partial charge < -0.3 is 14.5 Å². The van der Waals surface area contributed by atoms with Gasteiger partial charge in [0.05, 0.1) is 13.2 Å². The normalized spacial score (nSPS) is 14.0. The molecule has 0 bridgehead atoms. The van der Waals surface area contributed by atoms with E-state index in [-0.39, 0.29) is 17.9 Å². The monoisotopic (exact) mass is 623 g/mol. The summed E-state index contributed by atoms with van der Waals surface area (Å²) in [4.78, 5) is 35.1. The second-order valence-corrected chi connectivity index (χ2v) is 11.9. The quantitative estimate of drug-likeness (QED) is 0.161. The first-order valence-corrected chi connectivity index (χ1v) is 16.3. The molecule has 47 heavy (non-hydrogen) atoms. The fraction of sp³-hybridized carbons (Fsp3) is 0.220. The maximum absolute atomic E-state index is 14.7. The van der Waals surface area contributed by atoms with Crippen molar-refractivity contribution in [2.45, 2.75) is 25.0 Å². The highest BCUT2D eigenvalue weighted by atomic mass is 16.5. The summed E-state index contributed by atoms with van der Waals surface area (Å²) >= 11 is 0. The number of carbonyl (C=O) groups is 2. The number of methoxy groups -OCH3 is 1. The molecule has 0 spiro atoms. The van der Waals surface area contributed by atoms with Crippen molar-refractivity contribution in [2.24, 2.45) is 0 Å². The Morgan fingerprint density at radius 3 is 1.68 bits per heavy atom. The maximum Gasteiger partial charge on any atom is 0.254 e. The molecular formula is C41H41N3O3. The summed E-state index contributed by atoms with van der Waals surface area (Å²) in [5, 5.41) is 0. The van der Waals surface area contributed by atoms with E-state index in [1.807, 2.05) is 102 Å². The first kappa shape index (κ1) is 31.8. The van der Waals surface area contributed by atoms with E-state index in [0.29, 0.717) is 31.6 Å². The Hall–Kier alpha value is -5.20. The van der Waals surface area contributed by atoms with Gasteiger partial charge in [-0.3, -0.25) is 14.5 Å². The molecular weight excluding hydrogens is 582 g/mol. The van der Waals surface area contributed by atoms with Crippen LogP contribution in [-0.4, -0.2) is 65.8 Å². The van der Waals surface area contributed by atoms with Crippen molar-refractivity contribution < 1.29 is 14.3 Å². The molecule has 0 aliphatic carbocycles. The molecule has 2 amide bonds. The van der Waals surface area contributed by atoms with E-state index in [4.69, 9.17) is 4.74 Å².